The quantitative estimate of drug-likeness (QED) is 0.722. The Morgan fingerprint density at radius 3 is 3.00 bits per heavy atom. The minimum Gasteiger partial charge on any atom is -0.505 e. The van der Waals surface area contributed by atoms with E-state index in [0.717, 1.165) is 0 Å². The molecular weight excluding hydrogens is 181 g/mol. The predicted molar refractivity (Wildman–Crippen MR) is 54.6 cm³/mol. The van der Waals surface area contributed by atoms with E-state index in [4.69, 9.17) is 0 Å². The van der Waals surface area contributed by atoms with E-state index in [-0.39, 0.29) is 11.8 Å². The van der Waals surface area contributed by atoms with E-state index < -0.39 is 5.82 Å². The molecule has 0 fully saturated rings. The van der Waals surface area contributed by atoms with Crippen LogP contribution in [0, 0.1) is 5.82 Å². The topological polar surface area (TPSA) is 32.3 Å². The van der Waals surface area contributed by atoms with Crippen molar-refractivity contribution in [2.24, 2.45) is 0 Å². The van der Waals surface area contributed by atoms with E-state index in [0.29, 0.717) is 12.1 Å². The molecule has 0 heterocycles. The van der Waals surface area contributed by atoms with Crippen LogP contribution >= 0.6 is 0 Å². The Morgan fingerprint density at radius 1 is 1.64 bits per heavy atom. The van der Waals surface area contributed by atoms with Crippen molar-refractivity contribution < 1.29 is 9.50 Å². The van der Waals surface area contributed by atoms with E-state index in [2.05, 4.69) is 11.9 Å². The number of benzene rings is 1. The molecule has 76 valence electrons. The van der Waals surface area contributed by atoms with Gasteiger partial charge in [0.25, 0.3) is 0 Å². The van der Waals surface area contributed by atoms with Crippen LogP contribution in [0.25, 0.3) is 0 Å². The Hall–Kier alpha value is -1.35. The molecule has 1 atom stereocenters. The molecule has 0 saturated heterocycles. The highest BCUT2D eigenvalue weighted by atomic mass is 19.1. The van der Waals surface area contributed by atoms with E-state index in [1.165, 1.54) is 6.07 Å². The van der Waals surface area contributed by atoms with Gasteiger partial charge in [-0.3, -0.25) is 0 Å². The van der Waals surface area contributed by atoms with E-state index >= 15 is 0 Å². The predicted octanol–water partition coefficient (Wildman–Crippen LogP) is 2.20. The number of phenolic OH excluding ortho intramolecular Hbond substituents is 1. The first-order valence-corrected chi connectivity index (χ1v) is 4.47. The normalized spacial score (nSPS) is 12.4. The van der Waals surface area contributed by atoms with Crippen LogP contribution in [-0.4, -0.2) is 11.1 Å². The molecule has 1 aromatic rings. The SMILES string of the molecule is C=CC(C)NCc1cccc(F)c1O. The lowest BCUT2D eigenvalue weighted by Gasteiger charge is -2.10. The highest BCUT2D eigenvalue weighted by Crippen LogP contribution is 2.20. The molecule has 0 bridgehead atoms. The second-order valence-electron chi connectivity index (χ2n) is 3.15. The van der Waals surface area contributed by atoms with Gasteiger partial charge in [0.1, 0.15) is 0 Å². The highest BCUT2D eigenvalue weighted by Gasteiger charge is 2.06. The van der Waals surface area contributed by atoms with Crippen LogP contribution in [0.4, 0.5) is 4.39 Å². The van der Waals surface area contributed by atoms with Crippen molar-refractivity contribution in [3.8, 4) is 5.75 Å². The second-order valence-corrected chi connectivity index (χ2v) is 3.15. The molecule has 14 heavy (non-hydrogen) atoms. The Bertz CT molecular complexity index is 325. The molecule has 1 aromatic carbocycles. The number of hydrogen-bond acceptors (Lipinski definition) is 2. The highest BCUT2D eigenvalue weighted by molar-refractivity contribution is 5.33. The Morgan fingerprint density at radius 2 is 2.36 bits per heavy atom. The third-order valence-electron chi connectivity index (χ3n) is 2.04. The molecule has 0 aliphatic rings. The van der Waals surface area contributed by atoms with Gasteiger partial charge in [-0.1, -0.05) is 18.2 Å². The van der Waals surface area contributed by atoms with Gasteiger partial charge in [0.15, 0.2) is 11.6 Å². The molecule has 0 aliphatic carbocycles. The van der Waals surface area contributed by atoms with Crippen molar-refractivity contribution >= 4 is 0 Å². The lowest BCUT2D eigenvalue weighted by atomic mass is 10.2. The van der Waals surface area contributed by atoms with Crippen LogP contribution in [-0.2, 0) is 6.54 Å². The molecule has 0 aromatic heterocycles. The van der Waals surface area contributed by atoms with Crippen molar-refractivity contribution in [1.29, 1.82) is 0 Å². The molecule has 0 aliphatic heterocycles. The van der Waals surface area contributed by atoms with Crippen LogP contribution in [0.1, 0.15) is 12.5 Å². The molecule has 0 saturated carbocycles. The Labute approximate surface area is 83.1 Å². The number of phenols is 1. The third kappa shape index (κ3) is 2.57. The van der Waals surface area contributed by atoms with Crippen LogP contribution in [0.5, 0.6) is 5.75 Å². The first-order valence-electron chi connectivity index (χ1n) is 4.47. The summed E-state index contributed by atoms with van der Waals surface area (Å²) in [5.74, 6) is -0.869. The number of rotatable bonds is 4. The van der Waals surface area contributed by atoms with Crippen LogP contribution in [0.15, 0.2) is 30.9 Å². The molecule has 1 unspecified atom stereocenters. The van der Waals surface area contributed by atoms with Gasteiger partial charge in [-0.05, 0) is 13.0 Å². The lowest BCUT2D eigenvalue weighted by molar-refractivity contribution is 0.422. The summed E-state index contributed by atoms with van der Waals surface area (Å²) in [7, 11) is 0. The number of halogens is 1. The van der Waals surface area contributed by atoms with E-state index in [9.17, 15) is 9.50 Å². The summed E-state index contributed by atoms with van der Waals surface area (Å²) in [5, 5.41) is 12.4. The molecule has 0 radical (unpaired) electrons. The molecule has 2 N–H and O–H groups in total. The minimum absolute atomic E-state index is 0.137. The molecule has 0 amide bonds. The van der Waals surface area contributed by atoms with Gasteiger partial charge in [-0.2, -0.15) is 0 Å². The maximum atomic E-state index is 12.9. The average Bonchev–Trinajstić information content (AvgIpc) is 2.20. The maximum absolute atomic E-state index is 12.9. The van der Waals surface area contributed by atoms with Gasteiger partial charge < -0.3 is 10.4 Å². The van der Waals surface area contributed by atoms with Crippen LogP contribution in [0.3, 0.4) is 0 Å². The summed E-state index contributed by atoms with van der Waals surface area (Å²) in [6, 6.07) is 4.62. The van der Waals surface area contributed by atoms with E-state index in [1.807, 2.05) is 6.92 Å². The molecule has 0 spiro atoms. The second kappa shape index (κ2) is 4.77. The van der Waals surface area contributed by atoms with Gasteiger partial charge >= 0.3 is 0 Å². The van der Waals surface area contributed by atoms with Gasteiger partial charge in [-0.15, -0.1) is 6.58 Å². The van der Waals surface area contributed by atoms with Gasteiger partial charge in [-0.25, -0.2) is 4.39 Å². The van der Waals surface area contributed by atoms with Crippen molar-refractivity contribution in [1.82, 2.24) is 5.32 Å². The third-order valence-corrected chi connectivity index (χ3v) is 2.04. The number of hydrogen-bond donors (Lipinski definition) is 2. The summed E-state index contributed by atoms with van der Waals surface area (Å²) in [5.41, 5.74) is 0.554. The van der Waals surface area contributed by atoms with Gasteiger partial charge in [0.05, 0.1) is 0 Å². The zero-order valence-corrected chi connectivity index (χ0v) is 8.13. The Balaban J connectivity index is 2.67. The first-order chi connectivity index (χ1) is 6.65. The summed E-state index contributed by atoms with van der Waals surface area (Å²) in [6.45, 7) is 5.98. The van der Waals surface area contributed by atoms with Crippen LogP contribution < -0.4 is 5.32 Å². The van der Waals surface area contributed by atoms with Crippen molar-refractivity contribution in [2.45, 2.75) is 19.5 Å². The monoisotopic (exact) mass is 195 g/mol. The molecular formula is C11H14FNO. The fraction of sp³-hybridized carbons (Fsp3) is 0.273. The molecule has 1 rings (SSSR count). The van der Waals surface area contributed by atoms with Crippen molar-refractivity contribution in [3.63, 3.8) is 0 Å². The maximum Gasteiger partial charge on any atom is 0.165 e. The molecule has 2 nitrogen and oxygen atoms in total. The van der Waals surface area contributed by atoms with Crippen molar-refractivity contribution in [3.05, 3.63) is 42.2 Å². The van der Waals surface area contributed by atoms with Crippen LogP contribution in [0.2, 0.25) is 0 Å². The average molecular weight is 195 g/mol. The fourth-order valence-corrected chi connectivity index (χ4v) is 1.06. The lowest BCUT2D eigenvalue weighted by Crippen LogP contribution is -2.22. The zero-order chi connectivity index (χ0) is 10.6. The Kier molecular flexibility index (Phi) is 3.65. The van der Waals surface area contributed by atoms with E-state index in [1.54, 1.807) is 18.2 Å². The number of aromatic hydroxyl groups is 1. The standard InChI is InChI=1S/C11H14FNO/c1-3-8(2)13-7-9-5-4-6-10(12)11(9)14/h3-6,8,13-14H,1,7H2,2H3. The number of para-hydroxylation sites is 1. The fourth-order valence-electron chi connectivity index (χ4n) is 1.06. The van der Waals surface area contributed by atoms with Crippen molar-refractivity contribution in [2.75, 3.05) is 0 Å². The van der Waals surface area contributed by atoms with Gasteiger partial charge in [0, 0.05) is 18.2 Å². The summed E-state index contributed by atoms with van der Waals surface area (Å²) in [6.07, 6.45) is 1.75. The largest absolute Gasteiger partial charge is 0.505 e. The summed E-state index contributed by atoms with van der Waals surface area (Å²) in [4.78, 5) is 0. The first kappa shape index (κ1) is 10.7. The smallest absolute Gasteiger partial charge is 0.165 e. The van der Waals surface area contributed by atoms with Gasteiger partial charge in [0.2, 0.25) is 0 Å². The zero-order valence-electron chi connectivity index (χ0n) is 8.13. The summed E-state index contributed by atoms with van der Waals surface area (Å²) < 4.78 is 12.9. The summed E-state index contributed by atoms with van der Waals surface area (Å²) >= 11 is 0. The minimum atomic E-state index is -0.587. The molecule has 3 heteroatoms. The number of nitrogens with one attached hydrogen (secondary N) is 1.